The molecule has 2 aromatic rings. The Labute approximate surface area is 141 Å². The van der Waals surface area contributed by atoms with Crippen molar-refractivity contribution in [2.45, 2.75) is 12.3 Å². The van der Waals surface area contributed by atoms with Crippen molar-refractivity contribution in [3.63, 3.8) is 0 Å². The third-order valence-electron chi connectivity index (χ3n) is 4.32. The molecule has 4 nitrogen and oxygen atoms in total. The van der Waals surface area contributed by atoms with Crippen LogP contribution in [0.3, 0.4) is 0 Å². The lowest BCUT2D eigenvalue weighted by molar-refractivity contribution is 0.354. The number of methoxy groups -OCH3 is 2. The van der Waals surface area contributed by atoms with Crippen LogP contribution in [0.1, 0.15) is 22.6 Å². The average molecular weight is 334 g/mol. The Morgan fingerprint density at radius 3 is 2.57 bits per heavy atom. The molecule has 3 rings (SSSR count). The molecule has 0 radical (unpaired) electrons. The highest BCUT2D eigenvalue weighted by Gasteiger charge is 2.26. The van der Waals surface area contributed by atoms with Gasteiger partial charge in [-0.3, -0.25) is 0 Å². The Morgan fingerprint density at radius 1 is 1.17 bits per heavy atom. The number of halogens is 1. The standard InChI is InChI=1S/C18H20ClNO3/c1-22-16-9-14-13(17(19)18(16)23-2)7-8-20-10-15(14)11-3-5-12(21)6-4-11/h3-6,9,15,20-21H,7-8,10H2,1-2H3. The van der Waals surface area contributed by atoms with Crippen LogP contribution >= 0.6 is 11.6 Å². The first-order valence-corrected chi connectivity index (χ1v) is 7.96. The summed E-state index contributed by atoms with van der Waals surface area (Å²) in [5.41, 5.74) is 3.36. The number of phenols is 1. The van der Waals surface area contributed by atoms with Gasteiger partial charge in [-0.05, 0) is 47.9 Å². The van der Waals surface area contributed by atoms with Gasteiger partial charge in [0.1, 0.15) is 5.75 Å². The summed E-state index contributed by atoms with van der Waals surface area (Å²) in [6.45, 7) is 1.67. The van der Waals surface area contributed by atoms with Gasteiger partial charge in [0.25, 0.3) is 0 Å². The molecule has 23 heavy (non-hydrogen) atoms. The van der Waals surface area contributed by atoms with Gasteiger partial charge in [-0.1, -0.05) is 23.7 Å². The summed E-state index contributed by atoms with van der Waals surface area (Å²) in [5, 5.41) is 13.6. The molecule has 0 bridgehead atoms. The van der Waals surface area contributed by atoms with Gasteiger partial charge in [-0.2, -0.15) is 0 Å². The number of phenolic OH excluding ortho intramolecular Hbond substituents is 1. The Kier molecular flexibility index (Phi) is 4.64. The van der Waals surface area contributed by atoms with E-state index < -0.39 is 0 Å². The fourth-order valence-corrected chi connectivity index (χ4v) is 3.52. The smallest absolute Gasteiger partial charge is 0.179 e. The molecule has 5 heteroatoms. The third-order valence-corrected chi connectivity index (χ3v) is 4.72. The summed E-state index contributed by atoms with van der Waals surface area (Å²) in [6, 6.07) is 9.33. The lowest BCUT2D eigenvalue weighted by Crippen LogP contribution is -2.20. The van der Waals surface area contributed by atoms with Crippen molar-refractivity contribution in [1.82, 2.24) is 5.32 Å². The molecule has 0 aromatic heterocycles. The third kappa shape index (κ3) is 2.96. The van der Waals surface area contributed by atoms with Crippen molar-refractivity contribution in [3.8, 4) is 17.2 Å². The molecule has 0 aliphatic carbocycles. The van der Waals surface area contributed by atoms with Crippen molar-refractivity contribution in [1.29, 1.82) is 0 Å². The quantitative estimate of drug-likeness (QED) is 0.904. The van der Waals surface area contributed by atoms with Gasteiger partial charge in [-0.15, -0.1) is 0 Å². The first-order chi connectivity index (χ1) is 11.2. The molecule has 0 saturated heterocycles. The van der Waals surface area contributed by atoms with E-state index in [0.29, 0.717) is 16.5 Å². The van der Waals surface area contributed by atoms with Gasteiger partial charge in [0.2, 0.25) is 0 Å². The average Bonchev–Trinajstić information content (AvgIpc) is 2.78. The number of aromatic hydroxyl groups is 1. The molecule has 0 spiro atoms. The normalized spacial score (nSPS) is 17.3. The van der Waals surface area contributed by atoms with Gasteiger partial charge < -0.3 is 19.9 Å². The van der Waals surface area contributed by atoms with E-state index in [1.807, 2.05) is 18.2 Å². The van der Waals surface area contributed by atoms with E-state index in [1.54, 1.807) is 26.4 Å². The molecular formula is C18H20ClNO3. The molecule has 0 fully saturated rings. The molecule has 2 N–H and O–H groups in total. The fraction of sp³-hybridized carbons (Fsp3) is 0.333. The van der Waals surface area contributed by atoms with E-state index in [2.05, 4.69) is 5.32 Å². The van der Waals surface area contributed by atoms with Crippen molar-refractivity contribution < 1.29 is 14.6 Å². The Morgan fingerprint density at radius 2 is 1.91 bits per heavy atom. The van der Waals surface area contributed by atoms with Gasteiger partial charge in [-0.25, -0.2) is 0 Å². The minimum atomic E-state index is 0.144. The maximum Gasteiger partial charge on any atom is 0.179 e. The van der Waals surface area contributed by atoms with Crippen LogP contribution in [0, 0.1) is 0 Å². The first-order valence-electron chi connectivity index (χ1n) is 7.58. The van der Waals surface area contributed by atoms with E-state index in [1.165, 1.54) is 0 Å². The molecule has 1 heterocycles. The number of ether oxygens (including phenoxy) is 2. The topological polar surface area (TPSA) is 50.7 Å². The highest BCUT2D eigenvalue weighted by atomic mass is 35.5. The van der Waals surface area contributed by atoms with E-state index >= 15 is 0 Å². The molecule has 1 aliphatic heterocycles. The first kappa shape index (κ1) is 16.0. The molecule has 1 atom stereocenters. The summed E-state index contributed by atoms with van der Waals surface area (Å²) in [7, 11) is 3.22. The molecule has 1 aliphatic rings. The maximum atomic E-state index is 9.53. The number of rotatable bonds is 3. The lowest BCUT2D eigenvalue weighted by Gasteiger charge is -2.21. The maximum absolute atomic E-state index is 9.53. The second-order valence-corrected chi connectivity index (χ2v) is 5.97. The molecule has 2 aromatic carbocycles. The van der Waals surface area contributed by atoms with E-state index in [0.717, 1.165) is 36.2 Å². The minimum absolute atomic E-state index is 0.144. The summed E-state index contributed by atoms with van der Waals surface area (Å²) in [4.78, 5) is 0. The van der Waals surface area contributed by atoms with Crippen molar-refractivity contribution >= 4 is 11.6 Å². The highest BCUT2D eigenvalue weighted by Crippen LogP contribution is 2.43. The largest absolute Gasteiger partial charge is 0.508 e. The second kappa shape index (κ2) is 6.69. The summed E-state index contributed by atoms with van der Waals surface area (Å²) in [5.74, 6) is 1.63. The Balaban J connectivity index is 2.16. The molecule has 122 valence electrons. The monoisotopic (exact) mass is 333 g/mol. The zero-order valence-corrected chi connectivity index (χ0v) is 14.0. The highest BCUT2D eigenvalue weighted by molar-refractivity contribution is 6.33. The van der Waals surface area contributed by atoms with E-state index in [4.69, 9.17) is 21.1 Å². The van der Waals surface area contributed by atoms with Crippen molar-refractivity contribution in [2.75, 3.05) is 27.3 Å². The molecule has 1 unspecified atom stereocenters. The summed E-state index contributed by atoms with van der Waals surface area (Å²) >= 11 is 6.59. The SMILES string of the molecule is COc1cc2c(c(Cl)c1OC)CCNCC2c1ccc(O)cc1. The number of nitrogens with one attached hydrogen (secondary N) is 1. The predicted molar refractivity (Wildman–Crippen MR) is 91.1 cm³/mol. The van der Waals surface area contributed by atoms with Crippen molar-refractivity contribution in [2.24, 2.45) is 0 Å². The van der Waals surface area contributed by atoms with Crippen LogP contribution in [-0.4, -0.2) is 32.4 Å². The molecule has 0 saturated carbocycles. The van der Waals surface area contributed by atoms with Gasteiger partial charge in [0, 0.05) is 12.5 Å². The van der Waals surface area contributed by atoms with Crippen LogP contribution in [0.2, 0.25) is 5.02 Å². The van der Waals surface area contributed by atoms with Crippen LogP contribution in [0.15, 0.2) is 30.3 Å². The molecule has 0 amide bonds. The van der Waals surface area contributed by atoms with Crippen LogP contribution in [-0.2, 0) is 6.42 Å². The Hall–Kier alpha value is -1.91. The van der Waals surface area contributed by atoms with Crippen LogP contribution in [0.5, 0.6) is 17.2 Å². The zero-order chi connectivity index (χ0) is 16.4. The zero-order valence-electron chi connectivity index (χ0n) is 13.2. The molecular weight excluding hydrogens is 314 g/mol. The lowest BCUT2D eigenvalue weighted by atomic mass is 9.87. The van der Waals surface area contributed by atoms with Gasteiger partial charge in [0.15, 0.2) is 11.5 Å². The number of fused-ring (bicyclic) bond motifs is 1. The fourth-order valence-electron chi connectivity index (χ4n) is 3.15. The van der Waals surface area contributed by atoms with Crippen LogP contribution < -0.4 is 14.8 Å². The van der Waals surface area contributed by atoms with E-state index in [-0.39, 0.29) is 11.7 Å². The second-order valence-electron chi connectivity index (χ2n) is 5.59. The summed E-state index contributed by atoms with van der Waals surface area (Å²) in [6.07, 6.45) is 0.836. The number of benzene rings is 2. The summed E-state index contributed by atoms with van der Waals surface area (Å²) < 4.78 is 10.9. The Bertz CT molecular complexity index is 700. The predicted octanol–water partition coefficient (Wildman–Crippen LogP) is 3.34. The number of hydrogen-bond donors (Lipinski definition) is 2. The van der Waals surface area contributed by atoms with Crippen LogP contribution in [0.25, 0.3) is 0 Å². The number of hydrogen-bond acceptors (Lipinski definition) is 4. The van der Waals surface area contributed by atoms with Gasteiger partial charge in [0.05, 0.1) is 19.2 Å². The minimum Gasteiger partial charge on any atom is -0.508 e. The van der Waals surface area contributed by atoms with Crippen molar-refractivity contribution in [3.05, 3.63) is 52.0 Å². The van der Waals surface area contributed by atoms with E-state index in [9.17, 15) is 5.11 Å². The van der Waals surface area contributed by atoms with Crippen LogP contribution in [0.4, 0.5) is 0 Å². The van der Waals surface area contributed by atoms with Gasteiger partial charge >= 0.3 is 0 Å².